The first-order chi connectivity index (χ1) is 3.66. The van der Waals surface area contributed by atoms with Gasteiger partial charge in [-0.15, -0.1) is 0 Å². The van der Waals surface area contributed by atoms with Crippen LogP contribution in [0.4, 0.5) is 0 Å². The molecule has 0 amide bonds. The molecular weight excluding hydrogens is 100 g/mol. The Bertz CT molecular complexity index is 91.2. The fourth-order valence-corrected chi connectivity index (χ4v) is 0.561. The van der Waals surface area contributed by atoms with E-state index in [0.717, 1.165) is 6.42 Å². The third-order valence-corrected chi connectivity index (χ3v) is 0.891. The molecule has 2 N–H and O–H groups in total. The summed E-state index contributed by atoms with van der Waals surface area (Å²) in [5, 5.41) is 8.21. The third-order valence-electron chi connectivity index (χ3n) is 0.891. The van der Waals surface area contributed by atoms with E-state index in [1.54, 1.807) is 0 Å². The van der Waals surface area contributed by atoms with E-state index in [9.17, 15) is 0 Å². The minimum atomic E-state index is -0.269. The Balaban J connectivity index is 3.28. The molecule has 1 atom stereocenters. The average Bonchev–Trinajstić information content (AvgIpc) is 1.65. The van der Waals surface area contributed by atoms with Crippen LogP contribution in [-0.2, 0) is 0 Å². The molecule has 46 valence electrons. The zero-order valence-electron chi connectivity index (χ0n) is 5.39. The third kappa shape index (κ3) is 3.63. The van der Waals surface area contributed by atoms with Crippen molar-refractivity contribution in [3.63, 3.8) is 0 Å². The van der Waals surface area contributed by atoms with E-state index < -0.39 is 0 Å². The number of nitrogens with zero attached hydrogens (tertiary/aromatic N) is 1. The standard InChI is InChI=1S/C6H12N2/c1-5(2)3-6(8)4-7/h5-6H,3,8H2,1-2H3. The summed E-state index contributed by atoms with van der Waals surface area (Å²) < 4.78 is 0. The lowest BCUT2D eigenvalue weighted by atomic mass is 10.1. The largest absolute Gasteiger partial charge is 0.316 e. The summed E-state index contributed by atoms with van der Waals surface area (Å²) in [6, 6.07) is 1.71. The smallest absolute Gasteiger partial charge is 0.0930 e. The fourth-order valence-electron chi connectivity index (χ4n) is 0.561. The highest BCUT2D eigenvalue weighted by atomic mass is 14.6. The summed E-state index contributed by atoms with van der Waals surface area (Å²) in [5.74, 6) is 0.532. The second kappa shape index (κ2) is 3.45. The van der Waals surface area contributed by atoms with Gasteiger partial charge in [0, 0.05) is 0 Å². The van der Waals surface area contributed by atoms with Gasteiger partial charge in [-0.3, -0.25) is 0 Å². The van der Waals surface area contributed by atoms with Crippen molar-refractivity contribution in [1.29, 1.82) is 5.26 Å². The normalized spacial score (nSPS) is 13.4. The van der Waals surface area contributed by atoms with Crippen LogP contribution in [0.15, 0.2) is 0 Å². The van der Waals surface area contributed by atoms with Gasteiger partial charge in [-0.2, -0.15) is 5.26 Å². The predicted molar refractivity (Wildman–Crippen MR) is 33.0 cm³/mol. The first kappa shape index (κ1) is 7.45. The average molecular weight is 112 g/mol. The van der Waals surface area contributed by atoms with Gasteiger partial charge in [0.15, 0.2) is 0 Å². The Morgan fingerprint density at radius 2 is 2.12 bits per heavy atom. The Kier molecular flexibility index (Phi) is 3.21. The highest BCUT2D eigenvalue weighted by molar-refractivity contribution is 4.86. The van der Waals surface area contributed by atoms with Gasteiger partial charge in [0.2, 0.25) is 0 Å². The summed E-state index contributed by atoms with van der Waals surface area (Å²) in [5.41, 5.74) is 5.31. The van der Waals surface area contributed by atoms with Crippen molar-refractivity contribution in [1.82, 2.24) is 0 Å². The maximum absolute atomic E-state index is 8.21. The van der Waals surface area contributed by atoms with E-state index in [1.807, 2.05) is 6.07 Å². The van der Waals surface area contributed by atoms with E-state index in [1.165, 1.54) is 0 Å². The van der Waals surface area contributed by atoms with Crippen LogP contribution in [0.2, 0.25) is 0 Å². The van der Waals surface area contributed by atoms with Gasteiger partial charge in [-0.1, -0.05) is 13.8 Å². The van der Waals surface area contributed by atoms with Crippen LogP contribution in [0.5, 0.6) is 0 Å². The van der Waals surface area contributed by atoms with Gasteiger partial charge in [0.25, 0.3) is 0 Å². The lowest BCUT2D eigenvalue weighted by Crippen LogP contribution is -2.19. The Morgan fingerprint density at radius 3 is 2.25 bits per heavy atom. The molecule has 0 saturated heterocycles. The van der Waals surface area contributed by atoms with Crippen LogP contribution >= 0.6 is 0 Å². The molecule has 2 nitrogen and oxygen atoms in total. The highest BCUT2D eigenvalue weighted by Gasteiger charge is 2.01. The van der Waals surface area contributed by atoms with Crippen LogP contribution < -0.4 is 5.73 Å². The second-order valence-electron chi connectivity index (χ2n) is 2.37. The molecule has 8 heavy (non-hydrogen) atoms. The summed E-state index contributed by atoms with van der Waals surface area (Å²) in [6.45, 7) is 4.11. The summed E-state index contributed by atoms with van der Waals surface area (Å²) in [6.07, 6.45) is 0.802. The lowest BCUT2D eigenvalue weighted by molar-refractivity contribution is 0.551. The summed E-state index contributed by atoms with van der Waals surface area (Å²) in [7, 11) is 0. The molecule has 0 radical (unpaired) electrons. The van der Waals surface area contributed by atoms with Gasteiger partial charge < -0.3 is 5.73 Å². The molecule has 0 aromatic carbocycles. The van der Waals surface area contributed by atoms with Gasteiger partial charge in [0.1, 0.15) is 0 Å². The van der Waals surface area contributed by atoms with Crippen LogP contribution in [-0.4, -0.2) is 6.04 Å². The van der Waals surface area contributed by atoms with Crippen molar-refractivity contribution < 1.29 is 0 Å². The molecule has 0 aliphatic carbocycles. The topological polar surface area (TPSA) is 49.8 Å². The monoisotopic (exact) mass is 112 g/mol. The van der Waals surface area contributed by atoms with E-state index in [-0.39, 0.29) is 6.04 Å². The highest BCUT2D eigenvalue weighted by Crippen LogP contribution is 2.00. The van der Waals surface area contributed by atoms with Crippen molar-refractivity contribution in [3.8, 4) is 6.07 Å². The SMILES string of the molecule is CC(C)CC(N)C#N. The predicted octanol–water partition coefficient (Wildman–Crippen LogP) is 0.883. The Hall–Kier alpha value is -0.550. The molecule has 0 aliphatic rings. The van der Waals surface area contributed by atoms with Gasteiger partial charge in [-0.25, -0.2) is 0 Å². The van der Waals surface area contributed by atoms with Crippen molar-refractivity contribution >= 4 is 0 Å². The molecule has 0 aromatic rings. The van der Waals surface area contributed by atoms with E-state index in [4.69, 9.17) is 11.0 Å². The molecule has 0 aliphatic heterocycles. The van der Waals surface area contributed by atoms with E-state index in [2.05, 4.69) is 13.8 Å². The van der Waals surface area contributed by atoms with Gasteiger partial charge >= 0.3 is 0 Å². The van der Waals surface area contributed by atoms with Crippen LogP contribution in [0.25, 0.3) is 0 Å². The minimum Gasteiger partial charge on any atom is -0.316 e. The molecule has 0 heterocycles. The van der Waals surface area contributed by atoms with Crippen molar-refractivity contribution in [2.24, 2.45) is 11.7 Å². The number of hydrogen-bond donors (Lipinski definition) is 1. The zero-order chi connectivity index (χ0) is 6.57. The number of nitrogens with two attached hydrogens (primary N) is 1. The summed E-state index contributed by atoms with van der Waals surface area (Å²) >= 11 is 0. The first-order valence-electron chi connectivity index (χ1n) is 2.82. The molecule has 0 rings (SSSR count). The molecule has 2 heteroatoms. The second-order valence-corrected chi connectivity index (χ2v) is 2.37. The minimum absolute atomic E-state index is 0.269. The lowest BCUT2D eigenvalue weighted by Gasteiger charge is -2.03. The number of rotatable bonds is 2. The molecule has 0 fully saturated rings. The van der Waals surface area contributed by atoms with Crippen molar-refractivity contribution in [2.75, 3.05) is 0 Å². The van der Waals surface area contributed by atoms with E-state index >= 15 is 0 Å². The fraction of sp³-hybridized carbons (Fsp3) is 0.833. The molecule has 0 aromatic heterocycles. The maximum Gasteiger partial charge on any atom is 0.0930 e. The molecule has 1 unspecified atom stereocenters. The number of nitriles is 1. The van der Waals surface area contributed by atoms with E-state index in [0.29, 0.717) is 5.92 Å². The zero-order valence-corrected chi connectivity index (χ0v) is 5.39. The Morgan fingerprint density at radius 1 is 1.62 bits per heavy atom. The maximum atomic E-state index is 8.21. The van der Waals surface area contributed by atoms with Crippen LogP contribution in [0, 0.1) is 17.2 Å². The van der Waals surface area contributed by atoms with Crippen molar-refractivity contribution in [2.45, 2.75) is 26.3 Å². The molecule has 0 saturated carbocycles. The summed E-state index contributed by atoms with van der Waals surface area (Å²) in [4.78, 5) is 0. The van der Waals surface area contributed by atoms with Crippen molar-refractivity contribution in [3.05, 3.63) is 0 Å². The Labute approximate surface area is 50.3 Å². The van der Waals surface area contributed by atoms with Gasteiger partial charge in [0.05, 0.1) is 12.1 Å². The number of hydrogen-bond acceptors (Lipinski definition) is 2. The quantitative estimate of drug-likeness (QED) is 0.576. The molecule has 0 bridgehead atoms. The van der Waals surface area contributed by atoms with Crippen LogP contribution in [0.1, 0.15) is 20.3 Å². The molecule has 0 spiro atoms. The van der Waals surface area contributed by atoms with Gasteiger partial charge in [-0.05, 0) is 12.3 Å². The van der Waals surface area contributed by atoms with Crippen LogP contribution in [0.3, 0.4) is 0 Å². The molecular formula is C6H12N2. The first-order valence-corrected chi connectivity index (χ1v) is 2.82.